The molecule has 4 rings (SSSR count). The Morgan fingerprint density at radius 2 is 2.11 bits per heavy atom. The first kappa shape index (κ1) is 18.6. The number of benzene rings is 2. The van der Waals surface area contributed by atoms with Crippen molar-refractivity contribution in [1.82, 2.24) is 10.4 Å². The minimum absolute atomic E-state index is 0.0679. The first-order valence-electron chi connectivity index (χ1n) is 9.53. The van der Waals surface area contributed by atoms with E-state index in [9.17, 15) is 14.0 Å². The Balaban J connectivity index is 1.58. The van der Waals surface area contributed by atoms with Gasteiger partial charge < -0.3 is 4.90 Å². The molecule has 2 N–H and O–H groups in total. The summed E-state index contributed by atoms with van der Waals surface area (Å²) in [6, 6.07) is 10.5. The van der Waals surface area contributed by atoms with E-state index in [0.29, 0.717) is 37.1 Å². The Kier molecular flexibility index (Phi) is 4.67. The van der Waals surface area contributed by atoms with E-state index in [4.69, 9.17) is 5.21 Å². The van der Waals surface area contributed by atoms with Crippen LogP contribution in [0.2, 0.25) is 0 Å². The van der Waals surface area contributed by atoms with Gasteiger partial charge in [0.25, 0.3) is 5.91 Å². The molecule has 2 aliphatic rings. The van der Waals surface area contributed by atoms with Crippen LogP contribution in [-0.4, -0.2) is 28.5 Å². The number of hydrogen-bond acceptors (Lipinski definition) is 3. The molecule has 1 unspecified atom stereocenters. The summed E-state index contributed by atoms with van der Waals surface area (Å²) in [4.78, 5) is 27.1. The summed E-state index contributed by atoms with van der Waals surface area (Å²) in [7, 11) is 0. The maximum atomic E-state index is 13.9. The summed E-state index contributed by atoms with van der Waals surface area (Å²) >= 11 is 0. The fraction of sp³-hybridized carbons (Fsp3) is 0.364. The van der Waals surface area contributed by atoms with E-state index in [1.807, 2.05) is 12.1 Å². The van der Waals surface area contributed by atoms with Crippen LogP contribution in [-0.2, 0) is 24.2 Å². The van der Waals surface area contributed by atoms with Gasteiger partial charge in [-0.25, -0.2) is 9.87 Å². The van der Waals surface area contributed by atoms with Gasteiger partial charge in [-0.1, -0.05) is 24.3 Å². The number of hydrogen-bond donors (Lipinski definition) is 2. The first-order chi connectivity index (χ1) is 13.4. The zero-order valence-corrected chi connectivity index (χ0v) is 15.8. The highest BCUT2D eigenvalue weighted by molar-refractivity contribution is 5.96. The van der Waals surface area contributed by atoms with Crippen molar-refractivity contribution in [3.63, 3.8) is 0 Å². The molecule has 0 aromatic heterocycles. The number of fused-ring (bicyclic) bond motifs is 1. The van der Waals surface area contributed by atoms with E-state index in [1.54, 1.807) is 35.5 Å². The van der Waals surface area contributed by atoms with Crippen LogP contribution in [0.4, 0.5) is 4.39 Å². The monoisotopic (exact) mass is 382 g/mol. The highest BCUT2D eigenvalue weighted by Crippen LogP contribution is 2.45. The van der Waals surface area contributed by atoms with Gasteiger partial charge in [-0.2, -0.15) is 0 Å². The van der Waals surface area contributed by atoms with Crippen molar-refractivity contribution in [2.75, 3.05) is 6.54 Å². The fourth-order valence-electron chi connectivity index (χ4n) is 4.55. The molecule has 2 aromatic rings. The summed E-state index contributed by atoms with van der Waals surface area (Å²) in [5, 5.41) is 9.04. The average molecular weight is 382 g/mol. The molecule has 0 bridgehead atoms. The van der Waals surface area contributed by atoms with Crippen LogP contribution in [0.1, 0.15) is 45.5 Å². The molecule has 0 saturated carbocycles. The van der Waals surface area contributed by atoms with Crippen molar-refractivity contribution < 1.29 is 19.2 Å². The topological polar surface area (TPSA) is 69.6 Å². The van der Waals surface area contributed by atoms with Crippen molar-refractivity contribution >= 4 is 11.8 Å². The Bertz CT molecular complexity index is 959. The van der Waals surface area contributed by atoms with Crippen LogP contribution in [0.15, 0.2) is 36.4 Å². The minimum Gasteiger partial charge on any atom is -0.338 e. The largest absolute Gasteiger partial charge is 0.338 e. The Labute approximate surface area is 163 Å². The Hall–Kier alpha value is -2.73. The van der Waals surface area contributed by atoms with E-state index in [1.165, 1.54) is 6.07 Å². The molecular formula is C22H23FN2O3. The summed E-state index contributed by atoms with van der Waals surface area (Å²) in [6.45, 7) is 2.73. The van der Waals surface area contributed by atoms with Gasteiger partial charge in [-0.3, -0.25) is 14.8 Å². The molecule has 1 fully saturated rings. The molecule has 1 aliphatic carbocycles. The molecule has 1 aliphatic heterocycles. The van der Waals surface area contributed by atoms with Gasteiger partial charge in [-0.15, -0.1) is 0 Å². The second-order valence-electron chi connectivity index (χ2n) is 7.90. The van der Waals surface area contributed by atoms with Gasteiger partial charge in [0.05, 0.1) is 5.41 Å². The lowest BCUT2D eigenvalue weighted by molar-refractivity contribution is -0.137. The molecule has 146 valence electrons. The zero-order valence-electron chi connectivity index (χ0n) is 15.8. The van der Waals surface area contributed by atoms with Crippen molar-refractivity contribution in [2.24, 2.45) is 5.41 Å². The van der Waals surface area contributed by atoms with E-state index < -0.39 is 11.3 Å². The first-order valence-corrected chi connectivity index (χ1v) is 9.53. The molecule has 1 spiro atoms. The number of carbonyl (C=O) groups excluding carboxylic acids is 2. The summed E-state index contributed by atoms with van der Waals surface area (Å²) in [5.41, 5.74) is 4.87. The van der Waals surface area contributed by atoms with Gasteiger partial charge in [0.2, 0.25) is 5.91 Å². The van der Waals surface area contributed by atoms with Gasteiger partial charge in [-0.05, 0) is 67.0 Å². The number of aryl methyl sites for hydroxylation is 2. The highest BCUT2D eigenvalue weighted by atomic mass is 19.1. The molecule has 0 radical (unpaired) electrons. The smallest absolute Gasteiger partial charge is 0.274 e. The predicted molar refractivity (Wildman–Crippen MR) is 101 cm³/mol. The summed E-state index contributed by atoms with van der Waals surface area (Å²) in [6.07, 6.45) is 2.67. The maximum absolute atomic E-state index is 13.9. The second kappa shape index (κ2) is 7.02. The van der Waals surface area contributed by atoms with Gasteiger partial charge in [0, 0.05) is 18.7 Å². The van der Waals surface area contributed by atoms with Crippen LogP contribution in [0.25, 0.3) is 0 Å². The molecule has 28 heavy (non-hydrogen) atoms. The highest BCUT2D eigenvalue weighted by Gasteiger charge is 2.48. The maximum Gasteiger partial charge on any atom is 0.274 e. The van der Waals surface area contributed by atoms with E-state index in [-0.39, 0.29) is 11.7 Å². The molecule has 2 aromatic carbocycles. The van der Waals surface area contributed by atoms with Crippen molar-refractivity contribution in [1.29, 1.82) is 0 Å². The van der Waals surface area contributed by atoms with Crippen LogP contribution in [0.3, 0.4) is 0 Å². The molecule has 5 nitrogen and oxygen atoms in total. The quantitative estimate of drug-likeness (QED) is 0.633. The lowest BCUT2D eigenvalue weighted by Crippen LogP contribution is -2.39. The van der Waals surface area contributed by atoms with Gasteiger partial charge >= 0.3 is 0 Å². The minimum atomic E-state index is -0.550. The average Bonchev–Trinajstić information content (AvgIpc) is 2.99. The molecule has 1 atom stereocenters. The summed E-state index contributed by atoms with van der Waals surface area (Å²) < 4.78 is 13.9. The molecule has 6 heteroatoms. The van der Waals surface area contributed by atoms with Gasteiger partial charge in [0.1, 0.15) is 5.82 Å². The third-order valence-corrected chi connectivity index (χ3v) is 6.22. The van der Waals surface area contributed by atoms with E-state index in [0.717, 1.165) is 29.5 Å². The zero-order chi connectivity index (χ0) is 19.9. The van der Waals surface area contributed by atoms with Crippen molar-refractivity contribution in [3.8, 4) is 0 Å². The standard InChI is InChI=1S/C22H23FN2O3/c1-14-5-6-15(11-19(14)23)13-25-10-9-22(21(25)27)8-7-16-3-2-4-17(18(16)12-22)20(26)24-28/h2-6,11,28H,7-10,12-13H2,1H3,(H,24,26). The number of rotatable bonds is 3. The number of nitrogens with zero attached hydrogens (tertiary/aromatic N) is 1. The number of amides is 2. The van der Waals surface area contributed by atoms with Crippen LogP contribution < -0.4 is 5.48 Å². The number of nitrogens with one attached hydrogen (secondary N) is 1. The third kappa shape index (κ3) is 3.07. The fourth-order valence-corrected chi connectivity index (χ4v) is 4.55. The predicted octanol–water partition coefficient (Wildman–Crippen LogP) is 3.16. The molecule has 1 saturated heterocycles. The lowest BCUT2D eigenvalue weighted by atomic mass is 9.69. The van der Waals surface area contributed by atoms with Crippen LogP contribution >= 0.6 is 0 Å². The molecule has 2 amide bonds. The van der Waals surface area contributed by atoms with Crippen molar-refractivity contribution in [3.05, 3.63) is 70.0 Å². The number of likely N-dealkylation sites (tertiary alicyclic amines) is 1. The van der Waals surface area contributed by atoms with Crippen LogP contribution in [0, 0.1) is 18.2 Å². The Morgan fingerprint density at radius 3 is 2.86 bits per heavy atom. The third-order valence-electron chi connectivity index (χ3n) is 6.22. The van der Waals surface area contributed by atoms with E-state index >= 15 is 0 Å². The number of halogens is 1. The Morgan fingerprint density at radius 1 is 1.29 bits per heavy atom. The number of hydroxylamine groups is 1. The van der Waals surface area contributed by atoms with Crippen molar-refractivity contribution in [2.45, 2.75) is 39.2 Å². The molecule has 1 heterocycles. The number of carbonyl (C=O) groups is 2. The second-order valence-corrected chi connectivity index (χ2v) is 7.90. The van der Waals surface area contributed by atoms with E-state index in [2.05, 4.69) is 0 Å². The summed E-state index contributed by atoms with van der Waals surface area (Å²) in [5.74, 6) is -0.741. The lowest BCUT2D eigenvalue weighted by Gasteiger charge is -2.34. The van der Waals surface area contributed by atoms with Gasteiger partial charge in [0.15, 0.2) is 0 Å². The SMILES string of the molecule is Cc1ccc(CN2CCC3(CCc4cccc(C(=O)NO)c4C3)C2=O)cc1F. The normalized spacial score (nSPS) is 21.1. The molecular weight excluding hydrogens is 359 g/mol. The van der Waals surface area contributed by atoms with Crippen LogP contribution in [0.5, 0.6) is 0 Å².